The van der Waals surface area contributed by atoms with Gasteiger partial charge in [-0.1, -0.05) is 0 Å². The first-order valence-electron chi connectivity index (χ1n) is 6.24. The highest BCUT2D eigenvalue weighted by Gasteiger charge is 2.10. The van der Waals surface area contributed by atoms with E-state index in [2.05, 4.69) is 10.4 Å². The summed E-state index contributed by atoms with van der Waals surface area (Å²) < 4.78 is 27.8. The van der Waals surface area contributed by atoms with Crippen LogP contribution < -0.4 is 5.32 Å². The minimum Gasteiger partial charge on any atom is -0.381 e. The number of hydrogen-bond donors (Lipinski definition) is 1. The molecule has 5 heteroatoms. The van der Waals surface area contributed by atoms with Crippen LogP contribution >= 0.6 is 0 Å². The third kappa shape index (κ3) is 2.75. The first-order valence-corrected chi connectivity index (χ1v) is 6.24. The fourth-order valence-electron chi connectivity index (χ4n) is 2.09. The summed E-state index contributed by atoms with van der Waals surface area (Å²) in [5.74, 6) is -1.68. The zero-order chi connectivity index (χ0) is 14.0. The summed E-state index contributed by atoms with van der Waals surface area (Å²) in [7, 11) is 0. The third-order valence-electron chi connectivity index (χ3n) is 3.22. The van der Waals surface area contributed by atoms with Crippen molar-refractivity contribution in [3.05, 3.63) is 46.8 Å². The lowest BCUT2D eigenvalue weighted by atomic mass is 10.2. The number of nitrogens with zero attached hydrogens (tertiary/aromatic N) is 2. The highest BCUT2D eigenvalue weighted by molar-refractivity contribution is 5.44. The van der Waals surface area contributed by atoms with E-state index in [9.17, 15) is 8.78 Å². The maximum Gasteiger partial charge on any atom is 0.160 e. The van der Waals surface area contributed by atoms with E-state index in [1.54, 1.807) is 0 Å². The Morgan fingerprint density at radius 2 is 1.95 bits per heavy atom. The fraction of sp³-hybridized carbons (Fsp3) is 0.357. The number of halogens is 2. The molecule has 0 unspecified atom stereocenters. The summed E-state index contributed by atoms with van der Waals surface area (Å²) in [6.07, 6.45) is 0. The van der Waals surface area contributed by atoms with Crippen LogP contribution in [0.5, 0.6) is 0 Å². The summed E-state index contributed by atoms with van der Waals surface area (Å²) in [6, 6.07) is 3.80. The van der Waals surface area contributed by atoms with Crippen LogP contribution in [0.15, 0.2) is 18.2 Å². The Morgan fingerprint density at radius 1 is 1.21 bits per heavy atom. The molecule has 19 heavy (non-hydrogen) atoms. The van der Waals surface area contributed by atoms with E-state index >= 15 is 0 Å². The van der Waals surface area contributed by atoms with Crippen LogP contribution in [0.2, 0.25) is 0 Å². The van der Waals surface area contributed by atoms with Gasteiger partial charge in [-0.3, -0.25) is 4.68 Å². The zero-order valence-electron chi connectivity index (χ0n) is 11.3. The lowest BCUT2D eigenvalue weighted by Gasteiger charge is -2.07. The van der Waals surface area contributed by atoms with E-state index in [4.69, 9.17) is 0 Å². The molecule has 0 aliphatic rings. The molecule has 0 atom stereocenters. The minimum atomic E-state index is -0.845. The number of aromatic nitrogens is 2. The van der Waals surface area contributed by atoms with Gasteiger partial charge in [0.15, 0.2) is 11.6 Å². The number of aryl methyl sites for hydroxylation is 2. The molecule has 1 aromatic carbocycles. The Balaban J connectivity index is 2.14. The lowest BCUT2D eigenvalue weighted by molar-refractivity contribution is 0.509. The average molecular weight is 265 g/mol. The molecule has 0 bridgehead atoms. The lowest BCUT2D eigenvalue weighted by Crippen LogP contribution is -2.04. The van der Waals surface area contributed by atoms with Crippen LogP contribution in [-0.2, 0) is 13.1 Å². The van der Waals surface area contributed by atoms with Crippen molar-refractivity contribution in [2.75, 3.05) is 5.32 Å². The second kappa shape index (κ2) is 5.38. The summed E-state index contributed by atoms with van der Waals surface area (Å²) in [5.41, 5.74) is 3.69. The van der Waals surface area contributed by atoms with E-state index in [1.165, 1.54) is 6.07 Å². The normalized spacial score (nSPS) is 10.8. The number of rotatable bonds is 4. The number of hydrogen-bond acceptors (Lipinski definition) is 2. The monoisotopic (exact) mass is 265 g/mol. The molecular weight excluding hydrogens is 248 g/mol. The molecule has 3 nitrogen and oxygen atoms in total. The molecular formula is C14H17F2N3. The topological polar surface area (TPSA) is 29.9 Å². The molecule has 0 saturated carbocycles. The second-order valence-electron chi connectivity index (χ2n) is 4.45. The molecule has 102 valence electrons. The zero-order valence-corrected chi connectivity index (χ0v) is 11.3. The van der Waals surface area contributed by atoms with Crippen LogP contribution in [0.25, 0.3) is 0 Å². The molecule has 1 heterocycles. The van der Waals surface area contributed by atoms with E-state index in [0.29, 0.717) is 12.2 Å². The summed E-state index contributed by atoms with van der Waals surface area (Å²) >= 11 is 0. The van der Waals surface area contributed by atoms with Gasteiger partial charge in [-0.2, -0.15) is 5.10 Å². The largest absolute Gasteiger partial charge is 0.381 e. The summed E-state index contributed by atoms with van der Waals surface area (Å²) in [6.45, 7) is 7.35. The van der Waals surface area contributed by atoms with Gasteiger partial charge in [0.25, 0.3) is 0 Å². The van der Waals surface area contributed by atoms with Crippen molar-refractivity contribution in [1.82, 2.24) is 9.78 Å². The molecule has 0 spiro atoms. The Morgan fingerprint density at radius 3 is 2.53 bits per heavy atom. The molecule has 0 saturated heterocycles. The predicted molar refractivity (Wildman–Crippen MR) is 71.1 cm³/mol. The highest BCUT2D eigenvalue weighted by Crippen LogP contribution is 2.17. The van der Waals surface area contributed by atoms with Crippen LogP contribution in [-0.4, -0.2) is 9.78 Å². The van der Waals surface area contributed by atoms with Crippen LogP contribution in [0, 0.1) is 25.5 Å². The van der Waals surface area contributed by atoms with Crippen LogP contribution in [0.3, 0.4) is 0 Å². The molecule has 0 amide bonds. The quantitative estimate of drug-likeness (QED) is 0.918. The average Bonchev–Trinajstić information content (AvgIpc) is 2.66. The predicted octanol–water partition coefficient (Wildman–Crippen LogP) is 3.41. The van der Waals surface area contributed by atoms with Gasteiger partial charge in [0.1, 0.15) is 0 Å². The second-order valence-corrected chi connectivity index (χ2v) is 4.45. The van der Waals surface area contributed by atoms with Crippen molar-refractivity contribution in [2.45, 2.75) is 33.9 Å². The Kier molecular flexibility index (Phi) is 3.83. The van der Waals surface area contributed by atoms with Gasteiger partial charge in [0.05, 0.1) is 5.69 Å². The van der Waals surface area contributed by atoms with E-state index < -0.39 is 11.6 Å². The van der Waals surface area contributed by atoms with Gasteiger partial charge in [0.2, 0.25) is 0 Å². The van der Waals surface area contributed by atoms with Crippen molar-refractivity contribution in [1.29, 1.82) is 0 Å². The molecule has 2 aromatic rings. The van der Waals surface area contributed by atoms with Crippen molar-refractivity contribution >= 4 is 5.69 Å². The van der Waals surface area contributed by atoms with Gasteiger partial charge < -0.3 is 5.32 Å². The molecule has 1 aromatic heterocycles. The fourth-order valence-corrected chi connectivity index (χ4v) is 2.09. The number of benzene rings is 1. The van der Waals surface area contributed by atoms with Gasteiger partial charge in [-0.15, -0.1) is 0 Å². The number of anilines is 1. The highest BCUT2D eigenvalue weighted by atomic mass is 19.2. The first-order chi connectivity index (χ1) is 9.02. The smallest absolute Gasteiger partial charge is 0.160 e. The van der Waals surface area contributed by atoms with E-state index in [1.807, 2.05) is 25.5 Å². The molecule has 0 fully saturated rings. The first kappa shape index (κ1) is 13.5. The standard InChI is InChI=1S/C14H17F2N3/c1-4-19-10(3)12(9(2)18-19)8-17-11-5-6-13(15)14(16)7-11/h5-7,17H,4,8H2,1-3H3. The van der Waals surface area contributed by atoms with Crippen molar-refractivity contribution in [3.63, 3.8) is 0 Å². The van der Waals surface area contributed by atoms with Crippen molar-refractivity contribution in [2.24, 2.45) is 0 Å². The van der Waals surface area contributed by atoms with Gasteiger partial charge >= 0.3 is 0 Å². The van der Waals surface area contributed by atoms with Crippen molar-refractivity contribution in [3.8, 4) is 0 Å². The van der Waals surface area contributed by atoms with Crippen LogP contribution in [0.1, 0.15) is 23.9 Å². The van der Waals surface area contributed by atoms with E-state index in [0.717, 1.165) is 35.6 Å². The Labute approximate surface area is 111 Å². The third-order valence-corrected chi connectivity index (χ3v) is 3.22. The minimum absolute atomic E-state index is 0.544. The van der Waals surface area contributed by atoms with Gasteiger partial charge in [-0.25, -0.2) is 8.78 Å². The van der Waals surface area contributed by atoms with Gasteiger partial charge in [-0.05, 0) is 32.9 Å². The molecule has 0 aliphatic carbocycles. The SMILES string of the molecule is CCn1nc(C)c(CNc2ccc(F)c(F)c2)c1C. The van der Waals surface area contributed by atoms with E-state index in [-0.39, 0.29) is 0 Å². The number of nitrogens with one attached hydrogen (secondary N) is 1. The van der Waals surface area contributed by atoms with Gasteiger partial charge in [0, 0.05) is 36.1 Å². The molecule has 0 aliphatic heterocycles. The summed E-state index contributed by atoms with van der Waals surface area (Å²) in [5, 5.41) is 7.50. The summed E-state index contributed by atoms with van der Waals surface area (Å²) in [4.78, 5) is 0. The van der Waals surface area contributed by atoms with Crippen LogP contribution in [0.4, 0.5) is 14.5 Å². The maximum atomic E-state index is 13.1. The molecule has 0 radical (unpaired) electrons. The molecule has 2 rings (SSSR count). The maximum absolute atomic E-state index is 13.1. The Hall–Kier alpha value is -1.91. The molecule has 1 N–H and O–H groups in total. The Bertz CT molecular complexity index is 591. The van der Waals surface area contributed by atoms with Crippen molar-refractivity contribution < 1.29 is 8.78 Å².